The summed E-state index contributed by atoms with van der Waals surface area (Å²) in [5, 5.41) is 4.74. The Morgan fingerprint density at radius 3 is 2.73 bits per heavy atom. The number of ether oxygens (including phenoxy) is 1. The molecule has 26 heavy (non-hydrogen) atoms. The van der Waals surface area contributed by atoms with Crippen LogP contribution >= 0.6 is 11.6 Å². The van der Waals surface area contributed by atoms with E-state index in [1.165, 1.54) is 11.0 Å². The molecule has 0 atom stereocenters. The van der Waals surface area contributed by atoms with E-state index in [1.807, 2.05) is 23.6 Å². The monoisotopic (exact) mass is 369 g/mol. The molecule has 0 bridgehead atoms. The smallest absolute Gasteiger partial charge is 0.235 e. The van der Waals surface area contributed by atoms with Gasteiger partial charge in [-0.05, 0) is 25.1 Å². The summed E-state index contributed by atoms with van der Waals surface area (Å²) >= 11 is 6.49. The van der Waals surface area contributed by atoms with E-state index in [2.05, 4.69) is 20.1 Å². The number of imidazole rings is 1. The minimum Gasteiger partial charge on any atom is -0.497 e. The standard InChI is InChI=1S/C17H16ClN7O/c1-3-24-15-12(11-5-4-10(26-2)6-13(11)18)7-20-8-14(15)23-17(24)25-16(19)21-9-22-25/h4-9H,3H2,1-2H3,(H2,19,21,22). The Morgan fingerprint density at radius 1 is 1.23 bits per heavy atom. The van der Waals surface area contributed by atoms with Crippen LogP contribution in [0.15, 0.2) is 36.9 Å². The number of nitrogen functional groups attached to an aromatic ring is 1. The number of aryl methyl sites for hydroxylation is 1. The first-order valence-corrected chi connectivity index (χ1v) is 8.35. The summed E-state index contributed by atoms with van der Waals surface area (Å²) in [7, 11) is 1.61. The van der Waals surface area contributed by atoms with Crippen molar-refractivity contribution in [2.24, 2.45) is 0 Å². The number of rotatable bonds is 4. The van der Waals surface area contributed by atoms with Crippen LogP contribution in [0.4, 0.5) is 5.95 Å². The van der Waals surface area contributed by atoms with E-state index in [0.717, 1.165) is 22.2 Å². The van der Waals surface area contributed by atoms with E-state index < -0.39 is 0 Å². The van der Waals surface area contributed by atoms with Crippen LogP contribution in [0.1, 0.15) is 6.92 Å². The molecule has 0 unspecified atom stereocenters. The van der Waals surface area contributed by atoms with Crippen molar-refractivity contribution in [2.45, 2.75) is 13.5 Å². The first kappa shape index (κ1) is 16.3. The molecule has 3 aromatic heterocycles. The van der Waals surface area contributed by atoms with Crippen LogP contribution in [0.2, 0.25) is 5.02 Å². The van der Waals surface area contributed by atoms with Gasteiger partial charge in [-0.2, -0.15) is 14.8 Å². The second-order valence-electron chi connectivity index (χ2n) is 5.59. The Bertz CT molecular complexity index is 1100. The maximum Gasteiger partial charge on any atom is 0.235 e. The predicted molar refractivity (Wildman–Crippen MR) is 99.5 cm³/mol. The van der Waals surface area contributed by atoms with Gasteiger partial charge in [0.1, 0.15) is 17.6 Å². The van der Waals surface area contributed by atoms with Gasteiger partial charge in [0.15, 0.2) is 0 Å². The lowest BCUT2D eigenvalue weighted by Gasteiger charge is -2.11. The molecule has 0 aliphatic carbocycles. The highest BCUT2D eigenvalue weighted by atomic mass is 35.5. The zero-order valence-corrected chi connectivity index (χ0v) is 15.0. The van der Waals surface area contributed by atoms with E-state index in [4.69, 9.17) is 22.1 Å². The number of nitrogens with two attached hydrogens (primary N) is 1. The number of nitrogens with zero attached hydrogens (tertiary/aromatic N) is 6. The van der Waals surface area contributed by atoms with Crippen molar-refractivity contribution in [2.75, 3.05) is 12.8 Å². The van der Waals surface area contributed by atoms with Gasteiger partial charge in [-0.1, -0.05) is 11.6 Å². The minimum absolute atomic E-state index is 0.270. The second kappa shape index (κ2) is 6.30. The molecular weight excluding hydrogens is 354 g/mol. The van der Waals surface area contributed by atoms with Crippen LogP contribution in [-0.2, 0) is 6.54 Å². The van der Waals surface area contributed by atoms with Crippen molar-refractivity contribution in [3.05, 3.63) is 41.9 Å². The lowest BCUT2D eigenvalue weighted by atomic mass is 10.1. The Kier molecular flexibility index (Phi) is 3.96. The van der Waals surface area contributed by atoms with E-state index in [1.54, 1.807) is 25.6 Å². The molecule has 2 N–H and O–H groups in total. The summed E-state index contributed by atoms with van der Waals surface area (Å²) in [6.07, 6.45) is 4.88. The maximum absolute atomic E-state index is 6.49. The van der Waals surface area contributed by atoms with Gasteiger partial charge in [-0.15, -0.1) is 0 Å². The van der Waals surface area contributed by atoms with Crippen LogP contribution in [0.25, 0.3) is 28.1 Å². The molecule has 3 heterocycles. The van der Waals surface area contributed by atoms with Crippen LogP contribution in [0.5, 0.6) is 5.75 Å². The number of anilines is 1. The summed E-state index contributed by atoms with van der Waals surface area (Å²) < 4.78 is 8.75. The Hall–Kier alpha value is -3.13. The number of aromatic nitrogens is 6. The van der Waals surface area contributed by atoms with Gasteiger partial charge in [0.2, 0.25) is 11.9 Å². The molecule has 4 aromatic rings. The topological polar surface area (TPSA) is 96.7 Å². The van der Waals surface area contributed by atoms with Crippen molar-refractivity contribution in [1.29, 1.82) is 0 Å². The number of fused-ring (bicyclic) bond motifs is 1. The number of methoxy groups -OCH3 is 1. The van der Waals surface area contributed by atoms with Crippen molar-refractivity contribution < 1.29 is 4.74 Å². The second-order valence-corrected chi connectivity index (χ2v) is 5.99. The molecule has 0 saturated heterocycles. The van der Waals surface area contributed by atoms with Crippen molar-refractivity contribution in [3.8, 4) is 22.8 Å². The molecule has 1 aromatic carbocycles. The Balaban J connectivity index is 2.00. The van der Waals surface area contributed by atoms with E-state index in [0.29, 0.717) is 23.3 Å². The van der Waals surface area contributed by atoms with Gasteiger partial charge < -0.3 is 15.0 Å². The number of halogens is 1. The lowest BCUT2D eigenvalue weighted by molar-refractivity contribution is 0.415. The molecular formula is C17H16ClN7O. The van der Waals surface area contributed by atoms with Gasteiger partial charge in [0, 0.05) is 23.9 Å². The zero-order valence-electron chi connectivity index (χ0n) is 14.2. The highest BCUT2D eigenvalue weighted by Gasteiger charge is 2.19. The summed E-state index contributed by atoms with van der Waals surface area (Å²) in [5.74, 6) is 1.54. The number of hydrogen-bond donors (Lipinski definition) is 1. The molecule has 8 nitrogen and oxygen atoms in total. The van der Waals surface area contributed by atoms with Crippen molar-refractivity contribution in [3.63, 3.8) is 0 Å². The summed E-state index contributed by atoms with van der Waals surface area (Å²) in [5.41, 5.74) is 9.25. The fourth-order valence-electron chi connectivity index (χ4n) is 2.98. The molecule has 0 amide bonds. The van der Waals surface area contributed by atoms with Crippen LogP contribution in [0, 0.1) is 0 Å². The molecule has 0 radical (unpaired) electrons. The third-order valence-electron chi connectivity index (χ3n) is 4.18. The van der Waals surface area contributed by atoms with Gasteiger partial charge >= 0.3 is 0 Å². The first-order chi connectivity index (χ1) is 12.6. The Morgan fingerprint density at radius 2 is 2.08 bits per heavy atom. The van der Waals surface area contributed by atoms with Gasteiger partial charge in [0.05, 0.1) is 23.8 Å². The van der Waals surface area contributed by atoms with Crippen LogP contribution in [0.3, 0.4) is 0 Å². The highest BCUT2D eigenvalue weighted by molar-refractivity contribution is 6.33. The van der Waals surface area contributed by atoms with E-state index in [-0.39, 0.29) is 5.95 Å². The van der Waals surface area contributed by atoms with Gasteiger partial charge in [-0.3, -0.25) is 4.98 Å². The fraction of sp³-hybridized carbons (Fsp3) is 0.176. The molecule has 0 spiro atoms. The summed E-state index contributed by atoms with van der Waals surface area (Å²) in [4.78, 5) is 13.0. The number of pyridine rings is 1. The lowest BCUT2D eigenvalue weighted by Crippen LogP contribution is -2.10. The number of hydrogen-bond acceptors (Lipinski definition) is 6. The minimum atomic E-state index is 0.270. The van der Waals surface area contributed by atoms with E-state index >= 15 is 0 Å². The highest BCUT2D eigenvalue weighted by Crippen LogP contribution is 2.35. The predicted octanol–water partition coefficient (Wildman–Crippen LogP) is 2.94. The maximum atomic E-state index is 6.49. The van der Waals surface area contributed by atoms with Crippen LogP contribution < -0.4 is 10.5 Å². The zero-order chi connectivity index (χ0) is 18.3. The molecule has 0 aliphatic rings. The molecule has 0 saturated carbocycles. The van der Waals surface area contributed by atoms with Gasteiger partial charge in [-0.25, -0.2) is 4.98 Å². The quantitative estimate of drug-likeness (QED) is 0.594. The normalized spacial score (nSPS) is 11.2. The Labute approximate surface area is 154 Å². The van der Waals surface area contributed by atoms with E-state index in [9.17, 15) is 0 Å². The van der Waals surface area contributed by atoms with Gasteiger partial charge in [0.25, 0.3) is 0 Å². The summed E-state index contributed by atoms with van der Waals surface area (Å²) in [6, 6.07) is 5.55. The molecule has 0 fully saturated rings. The first-order valence-electron chi connectivity index (χ1n) is 7.98. The molecule has 0 aliphatic heterocycles. The molecule has 4 rings (SSSR count). The fourth-order valence-corrected chi connectivity index (χ4v) is 3.25. The third-order valence-corrected chi connectivity index (χ3v) is 4.49. The SMILES string of the molecule is CCn1c(-n2ncnc2N)nc2cncc(-c3ccc(OC)cc3Cl)c21. The average Bonchev–Trinajstić information content (AvgIpc) is 3.24. The average molecular weight is 370 g/mol. The molecule has 9 heteroatoms. The van der Waals surface area contributed by atoms with Crippen molar-refractivity contribution >= 4 is 28.6 Å². The summed E-state index contributed by atoms with van der Waals surface area (Å²) in [6.45, 7) is 2.69. The third kappa shape index (κ3) is 2.46. The van der Waals surface area contributed by atoms with Crippen LogP contribution in [-0.4, -0.2) is 36.4 Å². The molecule has 132 valence electrons. The van der Waals surface area contributed by atoms with Crippen molar-refractivity contribution in [1.82, 2.24) is 29.3 Å². The largest absolute Gasteiger partial charge is 0.497 e. The number of benzene rings is 1.